The molecular formula is C21H20N6O3. The van der Waals surface area contributed by atoms with Crippen LogP contribution in [-0.4, -0.2) is 51.2 Å². The zero-order valence-electron chi connectivity index (χ0n) is 16.2. The number of hydrogen-bond acceptors (Lipinski definition) is 7. The average Bonchev–Trinajstić information content (AvgIpc) is 3.21. The molecule has 3 aromatic heterocycles. The molecule has 0 bridgehead atoms. The van der Waals surface area contributed by atoms with Crippen molar-refractivity contribution < 1.29 is 14.6 Å². The Kier molecular flexibility index (Phi) is 5.53. The number of pyridine rings is 1. The summed E-state index contributed by atoms with van der Waals surface area (Å²) >= 11 is 0. The average molecular weight is 404 g/mol. The van der Waals surface area contributed by atoms with Crippen LogP contribution < -0.4 is 15.4 Å². The molecule has 1 amide bonds. The minimum atomic E-state index is -0.172. The van der Waals surface area contributed by atoms with Gasteiger partial charge in [-0.3, -0.25) is 9.78 Å². The lowest BCUT2D eigenvalue weighted by molar-refractivity contribution is 0.0959. The summed E-state index contributed by atoms with van der Waals surface area (Å²) in [6.07, 6.45) is 3.27. The normalized spacial score (nSPS) is 10.7. The number of fused-ring (bicyclic) bond motifs is 1. The Labute approximate surface area is 172 Å². The van der Waals surface area contributed by atoms with E-state index in [2.05, 4.69) is 30.6 Å². The van der Waals surface area contributed by atoms with Gasteiger partial charge in [0.1, 0.15) is 18.1 Å². The number of nitrogens with one attached hydrogen (secondary N) is 3. The molecular weight excluding hydrogens is 384 g/mol. The van der Waals surface area contributed by atoms with Gasteiger partial charge in [-0.05, 0) is 30.3 Å². The fourth-order valence-electron chi connectivity index (χ4n) is 2.96. The van der Waals surface area contributed by atoms with Gasteiger partial charge in [0.15, 0.2) is 0 Å². The van der Waals surface area contributed by atoms with Crippen LogP contribution in [0.2, 0.25) is 0 Å². The summed E-state index contributed by atoms with van der Waals surface area (Å²) in [6, 6.07) is 12.7. The third-order valence-electron chi connectivity index (χ3n) is 4.36. The second-order valence-corrected chi connectivity index (χ2v) is 6.40. The van der Waals surface area contributed by atoms with Gasteiger partial charge >= 0.3 is 0 Å². The number of anilines is 2. The molecule has 0 spiro atoms. The van der Waals surface area contributed by atoms with E-state index >= 15 is 0 Å². The van der Waals surface area contributed by atoms with E-state index in [-0.39, 0.29) is 19.1 Å². The minimum absolute atomic E-state index is 0.0605. The first-order valence-electron chi connectivity index (χ1n) is 9.31. The van der Waals surface area contributed by atoms with E-state index in [4.69, 9.17) is 9.84 Å². The van der Waals surface area contributed by atoms with E-state index in [1.807, 2.05) is 18.2 Å². The van der Waals surface area contributed by atoms with Crippen LogP contribution in [-0.2, 0) is 0 Å². The number of aliphatic hydroxyl groups excluding tert-OH is 1. The van der Waals surface area contributed by atoms with Crippen LogP contribution in [0.4, 0.5) is 11.6 Å². The Morgan fingerprint density at radius 1 is 1.10 bits per heavy atom. The van der Waals surface area contributed by atoms with Crippen molar-refractivity contribution in [2.24, 2.45) is 0 Å². The quantitative estimate of drug-likeness (QED) is 0.373. The highest BCUT2D eigenvalue weighted by Gasteiger charge is 2.09. The fraction of sp³-hybridized carbons (Fsp3) is 0.143. The van der Waals surface area contributed by atoms with Gasteiger partial charge in [0.2, 0.25) is 5.95 Å². The van der Waals surface area contributed by atoms with E-state index in [0.29, 0.717) is 28.8 Å². The highest BCUT2D eigenvalue weighted by Crippen LogP contribution is 2.24. The van der Waals surface area contributed by atoms with Crippen molar-refractivity contribution >= 4 is 28.4 Å². The first-order chi connectivity index (χ1) is 14.7. The smallest absolute Gasteiger partial charge is 0.267 e. The van der Waals surface area contributed by atoms with Gasteiger partial charge in [0, 0.05) is 42.1 Å². The molecule has 9 nitrogen and oxygen atoms in total. The van der Waals surface area contributed by atoms with Gasteiger partial charge in [0.25, 0.3) is 5.91 Å². The van der Waals surface area contributed by atoms with E-state index in [0.717, 1.165) is 16.6 Å². The fourth-order valence-corrected chi connectivity index (χ4v) is 2.96. The molecule has 0 atom stereocenters. The zero-order chi connectivity index (χ0) is 20.9. The maximum Gasteiger partial charge on any atom is 0.267 e. The zero-order valence-corrected chi connectivity index (χ0v) is 16.2. The van der Waals surface area contributed by atoms with Gasteiger partial charge in [-0.15, -0.1) is 0 Å². The van der Waals surface area contributed by atoms with E-state index < -0.39 is 0 Å². The third kappa shape index (κ3) is 4.20. The van der Waals surface area contributed by atoms with Crippen molar-refractivity contribution in [1.29, 1.82) is 0 Å². The number of aromatic nitrogens is 4. The Morgan fingerprint density at radius 3 is 2.80 bits per heavy atom. The molecule has 1 aromatic carbocycles. The summed E-state index contributed by atoms with van der Waals surface area (Å²) < 4.78 is 5.43. The monoisotopic (exact) mass is 404 g/mol. The number of hydrogen-bond donors (Lipinski definition) is 4. The summed E-state index contributed by atoms with van der Waals surface area (Å²) in [5, 5.41) is 15.6. The first kappa shape index (κ1) is 19.3. The number of H-pyrrole nitrogens is 1. The van der Waals surface area contributed by atoms with Gasteiger partial charge in [-0.1, -0.05) is 6.07 Å². The van der Waals surface area contributed by atoms with Crippen molar-refractivity contribution in [2.45, 2.75) is 0 Å². The van der Waals surface area contributed by atoms with E-state index in [1.54, 1.807) is 43.7 Å². The molecule has 0 aliphatic heterocycles. The van der Waals surface area contributed by atoms with Crippen molar-refractivity contribution in [2.75, 3.05) is 25.6 Å². The highest BCUT2D eigenvalue weighted by atomic mass is 16.5. The largest absolute Gasteiger partial charge is 0.491 e. The van der Waals surface area contributed by atoms with E-state index in [9.17, 15) is 4.79 Å². The van der Waals surface area contributed by atoms with Crippen molar-refractivity contribution in [1.82, 2.24) is 25.3 Å². The van der Waals surface area contributed by atoms with Crippen molar-refractivity contribution in [3.63, 3.8) is 0 Å². The van der Waals surface area contributed by atoms with Gasteiger partial charge in [-0.25, -0.2) is 9.97 Å². The summed E-state index contributed by atoms with van der Waals surface area (Å²) in [6.45, 7) is 0.151. The lowest BCUT2D eigenvalue weighted by Gasteiger charge is -2.08. The molecule has 0 aliphatic carbocycles. The Bertz CT molecular complexity index is 1190. The van der Waals surface area contributed by atoms with Crippen LogP contribution in [0.1, 0.15) is 10.5 Å². The summed E-state index contributed by atoms with van der Waals surface area (Å²) in [4.78, 5) is 28.0. The van der Waals surface area contributed by atoms with Gasteiger partial charge < -0.3 is 25.5 Å². The van der Waals surface area contributed by atoms with Crippen LogP contribution in [0.15, 0.2) is 54.9 Å². The maximum atomic E-state index is 11.8. The second-order valence-electron chi connectivity index (χ2n) is 6.40. The van der Waals surface area contributed by atoms with Crippen molar-refractivity contribution in [3.05, 3.63) is 60.6 Å². The Morgan fingerprint density at radius 2 is 1.97 bits per heavy atom. The molecule has 9 heteroatoms. The summed E-state index contributed by atoms with van der Waals surface area (Å²) in [7, 11) is 1.59. The number of amides is 1. The highest BCUT2D eigenvalue weighted by molar-refractivity contribution is 5.98. The lowest BCUT2D eigenvalue weighted by atomic mass is 10.2. The summed E-state index contributed by atoms with van der Waals surface area (Å²) in [5.41, 5.74) is 3.36. The molecule has 0 saturated heterocycles. The Hall–Kier alpha value is -3.98. The number of carbonyl (C=O) groups excluding carboxylic acids is 1. The Balaban J connectivity index is 1.56. The van der Waals surface area contributed by atoms with Gasteiger partial charge in [-0.2, -0.15) is 0 Å². The van der Waals surface area contributed by atoms with Crippen LogP contribution in [0.5, 0.6) is 5.75 Å². The number of rotatable bonds is 7. The summed E-state index contributed by atoms with van der Waals surface area (Å²) in [5.74, 6) is 0.842. The standard InChI is InChI=1S/C21H20N6O3/c1-22-20(29)19-10-13-2-3-14(11-17(13)26-19)25-21-24-7-5-16(27-21)18-12-15(4-6-23-18)30-9-8-28/h2-7,10-12,26,28H,8-9H2,1H3,(H,22,29)(H,24,25,27). The first-order valence-corrected chi connectivity index (χ1v) is 9.31. The molecule has 0 aliphatic rings. The molecule has 4 N–H and O–H groups in total. The molecule has 152 valence electrons. The van der Waals surface area contributed by atoms with Crippen LogP contribution in [0, 0.1) is 0 Å². The van der Waals surface area contributed by atoms with Crippen LogP contribution in [0.25, 0.3) is 22.3 Å². The van der Waals surface area contributed by atoms with E-state index in [1.165, 1.54) is 0 Å². The molecule has 0 saturated carbocycles. The molecule has 30 heavy (non-hydrogen) atoms. The minimum Gasteiger partial charge on any atom is -0.491 e. The van der Waals surface area contributed by atoms with Gasteiger partial charge in [0.05, 0.1) is 18.0 Å². The lowest BCUT2D eigenvalue weighted by Crippen LogP contribution is -2.17. The number of nitrogens with zero attached hydrogens (tertiary/aromatic N) is 3. The third-order valence-corrected chi connectivity index (χ3v) is 4.36. The number of aliphatic hydroxyl groups is 1. The second kappa shape index (κ2) is 8.58. The number of benzene rings is 1. The van der Waals surface area contributed by atoms with Crippen molar-refractivity contribution in [3.8, 4) is 17.1 Å². The molecule has 0 unspecified atom stereocenters. The predicted molar refractivity (Wildman–Crippen MR) is 113 cm³/mol. The molecule has 4 rings (SSSR count). The SMILES string of the molecule is CNC(=O)c1cc2ccc(Nc3nccc(-c4cc(OCCO)ccn4)n3)cc2[nH]1. The molecule has 0 fully saturated rings. The topological polar surface area (TPSA) is 125 Å². The number of aromatic amines is 1. The maximum absolute atomic E-state index is 11.8. The molecule has 0 radical (unpaired) electrons. The number of carbonyl (C=O) groups is 1. The molecule has 3 heterocycles. The van der Waals surface area contributed by atoms with Crippen LogP contribution in [0.3, 0.4) is 0 Å². The van der Waals surface area contributed by atoms with Crippen LogP contribution >= 0.6 is 0 Å². The predicted octanol–water partition coefficient (Wildman–Crippen LogP) is 2.49. The number of ether oxygens (including phenoxy) is 1. The molecule has 4 aromatic rings.